The third-order valence-corrected chi connectivity index (χ3v) is 4.28. The Bertz CT molecular complexity index is 293. The van der Waals surface area contributed by atoms with E-state index in [-0.39, 0.29) is 0 Å². The van der Waals surface area contributed by atoms with Gasteiger partial charge in [0.25, 0.3) is 0 Å². The van der Waals surface area contributed by atoms with Gasteiger partial charge in [-0.25, -0.2) is 0 Å². The lowest BCUT2D eigenvalue weighted by Crippen LogP contribution is -2.31. The van der Waals surface area contributed by atoms with Crippen LogP contribution in [0.1, 0.15) is 37.5 Å². The number of hydrogen-bond donors (Lipinski definition) is 1. The van der Waals surface area contributed by atoms with Crippen molar-refractivity contribution in [2.24, 2.45) is 0 Å². The van der Waals surface area contributed by atoms with Crippen LogP contribution in [-0.2, 0) is 11.2 Å². The number of rotatable bonds is 7. The molecule has 0 spiro atoms. The van der Waals surface area contributed by atoms with E-state index in [4.69, 9.17) is 4.74 Å². The van der Waals surface area contributed by atoms with Crippen LogP contribution < -0.4 is 5.32 Å². The Morgan fingerprint density at radius 2 is 2.53 bits per heavy atom. The van der Waals surface area contributed by atoms with Gasteiger partial charge in [0.1, 0.15) is 0 Å². The number of nitrogens with one attached hydrogen (secondary N) is 1. The van der Waals surface area contributed by atoms with Crippen LogP contribution in [0.25, 0.3) is 0 Å². The average molecular weight is 253 g/mol. The standard InChI is InChI=1S/C14H23NOS/c1-2-15-12(11-14-6-4-10-17-14)7-8-13-5-3-9-16-13/h4,6,10,12-13,15H,2-3,5,7-9,11H2,1H3. The molecule has 0 aromatic carbocycles. The zero-order chi connectivity index (χ0) is 11.9. The van der Waals surface area contributed by atoms with Gasteiger partial charge in [0.2, 0.25) is 0 Å². The quantitative estimate of drug-likeness (QED) is 0.805. The van der Waals surface area contributed by atoms with Gasteiger partial charge in [-0.2, -0.15) is 0 Å². The van der Waals surface area contributed by atoms with Crippen LogP contribution >= 0.6 is 11.3 Å². The molecule has 1 aliphatic heterocycles. The van der Waals surface area contributed by atoms with E-state index in [1.165, 1.54) is 30.6 Å². The molecule has 0 saturated carbocycles. The lowest BCUT2D eigenvalue weighted by molar-refractivity contribution is 0.0996. The Balaban J connectivity index is 1.75. The highest BCUT2D eigenvalue weighted by Crippen LogP contribution is 2.20. The predicted molar refractivity (Wildman–Crippen MR) is 73.7 cm³/mol. The molecule has 0 bridgehead atoms. The van der Waals surface area contributed by atoms with Crippen molar-refractivity contribution < 1.29 is 4.74 Å². The molecule has 1 aliphatic rings. The summed E-state index contributed by atoms with van der Waals surface area (Å²) >= 11 is 1.86. The molecule has 1 fully saturated rings. The van der Waals surface area contributed by atoms with Crippen LogP contribution in [0.15, 0.2) is 17.5 Å². The van der Waals surface area contributed by atoms with Crippen molar-refractivity contribution in [2.75, 3.05) is 13.2 Å². The summed E-state index contributed by atoms with van der Waals surface area (Å²) in [6, 6.07) is 4.99. The summed E-state index contributed by atoms with van der Waals surface area (Å²) in [6.07, 6.45) is 6.65. The van der Waals surface area contributed by atoms with E-state index in [9.17, 15) is 0 Å². The van der Waals surface area contributed by atoms with Gasteiger partial charge in [-0.05, 0) is 50.1 Å². The summed E-state index contributed by atoms with van der Waals surface area (Å²) in [6.45, 7) is 4.22. The SMILES string of the molecule is CCNC(CCC1CCCO1)Cc1cccs1. The summed E-state index contributed by atoms with van der Waals surface area (Å²) in [5, 5.41) is 5.76. The first-order chi connectivity index (χ1) is 8.38. The van der Waals surface area contributed by atoms with Crippen molar-refractivity contribution in [3.05, 3.63) is 22.4 Å². The van der Waals surface area contributed by atoms with Gasteiger partial charge in [0.15, 0.2) is 0 Å². The Morgan fingerprint density at radius 3 is 3.18 bits per heavy atom. The molecule has 2 nitrogen and oxygen atoms in total. The summed E-state index contributed by atoms with van der Waals surface area (Å²) < 4.78 is 5.69. The zero-order valence-electron chi connectivity index (χ0n) is 10.7. The maximum Gasteiger partial charge on any atom is 0.0576 e. The maximum atomic E-state index is 5.69. The molecule has 2 heterocycles. The van der Waals surface area contributed by atoms with Crippen LogP contribution in [0.4, 0.5) is 0 Å². The smallest absolute Gasteiger partial charge is 0.0576 e. The fourth-order valence-corrected chi connectivity index (χ4v) is 3.28. The van der Waals surface area contributed by atoms with Crippen molar-refractivity contribution >= 4 is 11.3 Å². The van der Waals surface area contributed by atoms with Gasteiger partial charge in [-0.3, -0.25) is 0 Å². The Hall–Kier alpha value is -0.380. The second-order valence-corrected chi connectivity index (χ2v) is 5.78. The van der Waals surface area contributed by atoms with E-state index in [0.29, 0.717) is 12.1 Å². The number of likely N-dealkylation sites (N-methyl/N-ethyl adjacent to an activating group) is 1. The number of hydrogen-bond acceptors (Lipinski definition) is 3. The van der Waals surface area contributed by atoms with E-state index in [1.54, 1.807) is 0 Å². The molecule has 2 atom stereocenters. The van der Waals surface area contributed by atoms with Crippen molar-refractivity contribution in [1.29, 1.82) is 0 Å². The van der Waals surface area contributed by atoms with Crippen LogP contribution in [0, 0.1) is 0 Å². The summed E-state index contributed by atoms with van der Waals surface area (Å²) in [7, 11) is 0. The molecular formula is C14H23NOS. The molecule has 2 unspecified atom stereocenters. The lowest BCUT2D eigenvalue weighted by atomic mass is 10.0. The molecule has 1 aromatic rings. The molecule has 0 aliphatic carbocycles. The lowest BCUT2D eigenvalue weighted by Gasteiger charge is -2.19. The van der Waals surface area contributed by atoms with Gasteiger partial charge < -0.3 is 10.1 Å². The molecule has 17 heavy (non-hydrogen) atoms. The van der Waals surface area contributed by atoms with Crippen molar-refractivity contribution in [3.63, 3.8) is 0 Å². The minimum absolute atomic E-state index is 0.527. The molecular weight excluding hydrogens is 230 g/mol. The first-order valence-corrected chi connectivity index (χ1v) is 7.64. The summed E-state index contributed by atoms with van der Waals surface area (Å²) in [5.41, 5.74) is 0. The summed E-state index contributed by atoms with van der Waals surface area (Å²) in [5.74, 6) is 0. The van der Waals surface area contributed by atoms with Crippen LogP contribution in [0.5, 0.6) is 0 Å². The van der Waals surface area contributed by atoms with Crippen molar-refractivity contribution in [1.82, 2.24) is 5.32 Å². The van der Waals surface area contributed by atoms with Gasteiger partial charge in [-0.1, -0.05) is 13.0 Å². The number of ether oxygens (including phenoxy) is 1. The average Bonchev–Trinajstić information content (AvgIpc) is 2.99. The van der Waals surface area contributed by atoms with E-state index >= 15 is 0 Å². The summed E-state index contributed by atoms with van der Waals surface area (Å²) in [4.78, 5) is 1.49. The van der Waals surface area contributed by atoms with Crippen LogP contribution in [-0.4, -0.2) is 25.3 Å². The van der Waals surface area contributed by atoms with Crippen molar-refractivity contribution in [3.8, 4) is 0 Å². The third-order valence-electron chi connectivity index (χ3n) is 3.38. The molecule has 2 rings (SSSR count). The second kappa shape index (κ2) is 7.14. The second-order valence-electron chi connectivity index (χ2n) is 4.75. The predicted octanol–water partition coefficient (Wildman–Crippen LogP) is 3.23. The monoisotopic (exact) mass is 253 g/mol. The van der Waals surface area contributed by atoms with E-state index in [1.807, 2.05) is 11.3 Å². The van der Waals surface area contributed by atoms with Gasteiger partial charge in [-0.15, -0.1) is 11.3 Å². The van der Waals surface area contributed by atoms with Gasteiger partial charge in [0, 0.05) is 17.5 Å². The molecule has 3 heteroatoms. The van der Waals surface area contributed by atoms with Crippen LogP contribution in [0.3, 0.4) is 0 Å². The molecule has 96 valence electrons. The Labute approximate surface area is 108 Å². The van der Waals surface area contributed by atoms with E-state index < -0.39 is 0 Å². The third kappa shape index (κ3) is 4.41. The first kappa shape index (κ1) is 13.1. The first-order valence-electron chi connectivity index (χ1n) is 6.76. The van der Waals surface area contributed by atoms with Gasteiger partial charge >= 0.3 is 0 Å². The fraction of sp³-hybridized carbons (Fsp3) is 0.714. The molecule has 0 radical (unpaired) electrons. The topological polar surface area (TPSA) is 21.3 Å². The fourth-order valence-electron chi connectivity index (χ4n) is 2.50. The minimum atomic E-state index is 0.527. The molecule has 0 amide bonds. The van der Waals surface area contributed by atoms with Crippen molar-refractivity contribution in [2.45, 2.75) is 51.2 Å². The maximum absolute atomic E-state index is 5.69. The molecule has 1 aromatic heterocycles. The highest BCUT2D eigenvalue weighted by molar-refractivity contribution is 7.09. The molecule has 1 N–H and O–H groups in total. The largest absolute Gasteiger partial charge is 0.378 e. The van der Waals surface area contributed by atoms with E-state index in [2.05, 4.69) is 29.8 Å². The van der Waals surface area contributed by atoms with Crippen LogP contribution in [0.2, 0.25) is 0 Å². The normalized spacial score (nSPS) is 21.8. The highest BCUT2D eigenvalue weighted by atomic mass is 32.1. The van der Waals surface area contributed by atoms with E-state index in [0.717, 1.165) is 19.6 Å². The zero-order valence-corrected chi connectivity index (χ0v) is 11.5. The Kier molecular flexibility index (Phi) is 5.49. The highest BCUT2D eigenvalue weighted by Gasteiger charge is 2.17. The Morgan fingerprint density at radius 1 is 1.59 bits per heavy atom. The van der Waals surface area contributed by atoms with Gasteiger partial charge in [0.05, 0.1) is 6.10 Å². The molecule has 1 saturated heterocycles. The number of thiophene rings is 1. The minimum Gasteiger partial charge on any atom is -0.378 e.